The molecule has 0 radical (unpaired) electrons. The average molecular weight is 512 g/mol. The van der Waals surface area contributed by atoms with Gasteiger partial charge in [0.25, 0.3) is 5.91 Å². The van der Waals surface area contributed by atoms with Crippen LogP contribution in [0.3, 0.4) is 0 Å². The summed E-state index contributed by atoms with van der Waals surface area (Å²) in [5.41, 5.74) is 3.56. The van der Waals surface area contributed by atoms with Gasteiger partial charge in [-0.3, -0.25) is 14.6 Å². The Kier molecular flexibility index (Phi) is 6.14. The molecule has 1 saturated carbocycles. The number of aromatic nitrogens is 4. The number of fused-ring (bicyclic) bond motifs is 1. The quantitative estimate of drug-likeness (QED) is 0.402. The van der Waals surface area contributed by atoms with Crippen LogP contribution < -0.4 is 5.32 Å². The molecule has 0 spiro atoms. The van der Waals surface area contributed by atoms with Crippen LogP contribution >= 0.6 is 11.3 Å². The summed E-state index contributed by atoms with van der Waals surface area (Å²) in [6.07, 6.45) is 8.15. The third-order valence-electron chi connectivity index (χ3n) is 7.09. The van der Waals surface area contributed by atoms with E-state index in [0.29, 0.717) is 54.0 Å². The average Bonchev–Trinajstić information content (AvgIpc) is 3.45. The van der Waals surface area contributed by atoms with E-state index in [1.54, 1.807) is 34.8 Å². The van der Waals surface area contributed by atoms with Crippen molar-refractivity contribution in [1.82, 2.24) is 30.2 Å². The predicted molar refractivity (Wildman–Crippen MR) is 139 cm³/mol. The van der Waals surface area contributed by atoms with E-state index in [0.717, 1.165) is 23.3 Å². The first-order chi connectivity index (χ1) is 18.1. The second-order valence-electron chi connectivity index (χ2n) is 9.58. The Labute approximate surface area is 217 Å². The molecule has 1 aliphatic heterocycles. The van der Waals surface area contributed by atoms with Crippen LogP contribution in [0.1, 0.15) is 36.0 Å². The summed E-state index contributed by atoms with van der Waals surface area (Å²) in [5.74, 6) is -0.276. The molecule has 2 amide bonds. The fraction of sp³-hybridized carbons (Fsp3) is 0.333. The minimum absolute atomic E-state index is 0.00231. The lowest BCUT2D eigenvalue weighted by Gasteiger charge is -2.32. The summed E-state index contributed by atoms with van der Waals surface area (Å²) in [4.78, 5) is 46.3. The highest BCUT2D eigenvalue weighted by Gasteiger charge is 2.40. The van der Waals surface area contributed by atoms with Crippen molar-refractivity contribution in [1.29, 1.82) is 5.26 Å². The fourth-order valence-electron chi connectivity index (χ4n) is 4.81. The van der Waals surface area contributed by atoms with Crippen molar-refractivity contribution < 1.29 is 9.59 Å². The molecule has 2 aliphatic rings. The normalized spacial score (nSPS) is 16.9. The number of hydrogen-bond donors (Lipinski definition) is 2. The largest absolute Gasteiger partial charge is 0.344 e. The monoisotopic (exact) mass is 511 g/mol. The van der Waals surface area contributed by atoms with Crippen molar-refractivity contribution in [3.63, 3.8) is 0 Å². The molecule has 186 valence electrons. The number of likely N-dealkylation sites (tertiary alicyclic amines) is 1. The van der Waals surface area contributed by atoms with Gasteiger partial charge in [0.2, 0.25) is 5.91 Å². The minimum atomic E-state index is -0.573. The number of thiophene rings is 1. The molecule has 0 aromatic carbocycles. The molecule has 1 saturated heterocycles. The van der Waals surface area contributed by atoms with Crippen LogP contribution in [-0.4, -0.2) is 55.8 Å². The topological polar surface area (TPSA) is 128 Å². The molecule has 2 N–H and O–H groups in total. The second-order valence-corrected chi connectivity index (χ2v) is 10.5. The number of hydrogen-bond acceptors (Lipinski definition) is 7. The van der Waals surface area contributed by atoms with Crippen LogP contribution in [0.2, 0.25) is 0 Å². The molecule has 4 aromatic rings. The highest BCUT2D eigenvalue weighted by Crippen LogP contribution is 2.34. The van der Waals surface area contributed by atoms with Crippen LogP contribution in [0.5, 0.6) is 0 Å². The lowest BCUT2D eigenvalue weighted by Crippen LogP contribution is -2.51. The van der Waals surface area contributed by atoms with Gasteiger partial charge >= 0.3 is 0 Å². The highest BCUT2D eigenvalue weighted by molar-refractivity contribution is 7.13. The van der Waals surface area contributed by atoms with E-state index >= 15 is 0 Å². The van der Waals surface area contributed by atoms with Crippen molar-refractivity contribution in [3.05, 3.63) is 53.8 Å². The number of nitriles is 1. The van der Waals surface area contributed by atoms with Crippen molar-refractivity contribution >= 4 is 34.3 Å². The number of H-pyrrole nitrogens is 1. The van der Waals surface area contributed by atoms with E-state index in [-0.39, 0.29) is 23.7 Å². The lowest BCUT2D eigenvalue weighted by atomic mass is 9.97. The number of carbonyl (C=O) groups is 2. The second kappa shape index (κ2) is 9.75. The van der Waals surface area contributed by atoms with Gasteiger partial charge in [-0.15, -0.1) is 11.3 Å². The third kappa shape index (κ3) is 4.70. The maximum atomic E-state index is 13.4. The first kappa shape index (κ1) is 23.3. The number of nitrogens with one attached hydrogen (secondary N) is 2. The van der Waals surface area contributed by atoms with E-state index in [9.17, 15) is 9.59 Å². The van der Waals surface area contributed by atoms with Gasteiger partial charge in [-0.2, -0.15) is 5.26 Å². The molecule has 1 aliphatic carbocycles. The van der Waals surface area contributed by atoms with Gasteiger partial charge in [0.1, 0.15) is 17.3 Å². The zero-order valence-corrected chi connectivity index (χ0v) is 20.9. The Hall–Kier alpha value is -4.10. The zero-order valence-electron chi connectivity index (χ0n) is 20.1. The SMILES string of the molecule is N#CC1CCN(C(=O)[C@H](NC(=O)c2c[nH]c3ncc(-c4cc(-c5cccs5)ccn4)nc23)C2CC2)CC1. The van der Waals surface area contributed by atoms with Crippen molar-refractivity contribution in [2.24, 2.45) is 11.8 Å². The Bertz CT molecular complexity index is 1490. The standard InChI is InChI=1S/C27H25N7O2S/c28-13-16-6-9-34(10-7-16)27(36)23(17-3-4-17)33-26(35)19-14-30-25-24(19)32-21(15-31-25)20-12-18(5-8-29-20)22-2-1-11-37-22/h1-2,5,8,11-12,14-17,23H,3-4,6-7,9-10H2,(H,30,31)(H,33,35)/t23-/m1/s1. The smallest absolute Gasteiger partial charge is 0.255 e. The molecule has 4 aromatic heterocycles. The summed E-state index contributed by atoms with van der Waals surface area (Å²) in [5, 5.41) is 14.2. The molecule has 6 rings (SSSR count). The maximum absolute atomic E-state index is 13.4. The summed E-state index contributed by atoms with van der Waals surface area (Å²) < 4.78 is 0. The van der Waals surface area contributed by atoms with Crippen LogP contribution in [0.15, 0.2) is 48.2 Å². The number of rotatable bonds is 6. The van der Waals surface area contributed by atoms with Gasteiger partial charge in [0.15, 0.2) is 5.65 Å². The van der Waals surface area contributed by atoms with Gasteiger partial charge in [-0.1, -0.05) is 6.07 Å². The van der Waals surface area contributed by atoms with E-state index < -0.39 is 6.04 Å². The minimum Gasteiger partial charge on any atom is -0.344 e. The van der Waals surface area contributed by atoms with Crippen LogP contribution in [0.25, 0.3) is 33.0 Å². The first-order valence-corrected chi connectivity index (χ1v) is 13.3. The third-order valence-corrected chi connectivity index (χ3v) is 8.01. The Morgan fingerprint density at radius 1 is 1.16 bits per heavy atom. The van der Waals surface area contributed by atoms with Crippen molar-refractivity contribution in [3.8, 4) is 27.9 Å². The molecule has 0 bridgehead atoms. The van der Waals surface area contributed by atoms with Crippen LogP contribution in [-0.2, 0) is 4.79 Å². The summed E-state index contributed by atoms with van der Waals surface area (Å²) in [6, 6.07) is 9.69. The first-order valence-electron chi connectivity index (χ1n) is 12.4. The van der Waals surface area contributed by atoms with Gasteiger partial charge in [-0.05, 0) is 60.7 Å². The van der Waals surface area contributed by atoms with Gasteiger partial charge < -0.3 is 15.2 Å². The summed E-state index contributed by atoms with van der Waals surface area (Å²) in [7, 11) is 0. The van der Waals surface area contributed by atoms with E-state index in [1.807, 2.05) is 23.6 Å². The number of nitrogens with zero attached hydrogens (tertiary/aromatic N) is 5. The molecule has 10 heteroatoms. The fourth-order valence-corrected chi connectivity index (χ4v) is 5.53. The summed E-state index contributed by atoms with van der Waals surface area (Å²) in [6.45, 7) is 1.10. The molecule has 1 atom stereocenters. The number of pyridine rings is 1. The number of aromatic amines is 1. The molecule has 5 heterocycles. The Balaban J connectivity index is 1.24. The van der Waals surface area contributed by atoms with Crippen LogP contribution in [0, 0.1) is 23.2 Å². The van der Waals surface area contributed by atoms with Gasteiger partial charge in [-0.25, -0.2) is 9.97 Å². The molecule has 9 nitrogen and oxygen atoms in total. The van der Waals surface area contributed by atoms with Gasteiger partial charge in [0, 0.05) is 36.3 Å². The Morgan fingerprint density at radius 2 is 2.00 bits per heavy atom. The molecule has 0 unspecified atom stereocenters. The number of piperidine rings is 1. The van der Waals surface area contributed by atoms with Gasteiger partial charge in [0.05, 0.1) is 23.5 Å². The van der Waals surface area contributed by atoms with Crippen molar-refractivity contribution in [2.45, 2.75) is 31.7 Å². The highest BCUT2D eigenvalue weighted by atomic mass is 32.1. The lowest BCUT2D eigenvalue weighted by molar-refractivity contribution is -0.135. The molecule has 37 heavy (non-hydrogen) atoms. The predicted octanol–water partition coefficient (Wildman–Crippen LogP) is 4.02. The number of amides is 2. The number of carbonyl (C=O) groups excluding carboxylic acids is 2. The Morgan fingerprint density at radius 3 is 2.73 bits per heavy atom. The maximum Gasteiger partial charge on any atom is 0.255 e. The zero-order chi connectivity index (χ0) is 25.4. The van der Waals surface area contributed by atoms with E-state index in [1.165, 1.54) is 0 Å². The van der Waals surface area contributed by atoms with E-state index in [4.69, 9.17) is 10.2 Å². The van der Waals surface area contributed by atoms with Crippen LogP contribution in [0.4, 0.5) is 0 Å². The van der Waals surface area contributed by atoms with Crippen molar-refractivity contribution in [2.75, 3.05) is 13.1 Å². The molecular formula is C27H25N7O2S. The summed E-state index contributed by atoms with van der Waals surface area (Å²) >= 11 is 1.65. The molecule has 2 fully saturated rings. The molecular weight excluding hydrogens is 486 g/mol. The van der Waals surface area contributed by atoms with E-state index in [2.05, 4.69) is 32.4 Å².